The molecule has 1 heterocycles. The minimum Gasteiger partial charge on any atom is -0.355 e. The second-order valence-electron chi connectivity index (χ2n) is 5.02. The number of nitrogens with one attached hydrogen (secondary N) is 1. The molecule has 0 bridgehead atoms. The molecule has 2 aromatic carbocycles. The molecule has 0 atom stereocenters. The summed E-state index contributed by atoms with van der Waals surface area (Å²) < 4.78 is 27.0. The number of amides is 1. The maximum atomic E-state index is 12.8. The fourth-order valence-corrected chi connectivity index (χ4v) is 4.19. The summed E-state index contributed by atoms with van der Waals surface area (Å²) in [5, 5.41) is 4.25. The van der Waals surface area contributed by atoms with Crippen LogP contribution in [0.4, 0.5) is 0 Å². The van der Waals surface area contributed by atoms with Crippen LogP contribution >= 0.6 is 0 Å². The molecule has 1 amide bonds. The molecule has 3 rings (SSSR count). The predicted molar refractivity (Wildman–Crippen MR) is 80.3 cm³/mol. The zero-order valence-corrected chi connectivity index (χ0v) is 12.3. The molecular weight excluding hydrogens is 288 g/mol. The second kappa shape index (κ2) is 5.46. The van der Waals surface area contributed by atoms with Crippen LogP contribution in [-0.2, 0) is 14.8 Å². The van der Waals surface area contributed by atoms with Gasteiger partial charge in [-0.15, -0.1) is 0 Å². The number of carbonyl (C=O) groups excluding carboxylic acids is 1. The van der Waals surface area contributed by atoms with E-state index < -0.39 is 10.0 Å². The fraction of sp³-hybridized carbons (Fsp3) is 0.267. The SMILES string of the molecule is O=C1CN(S(=O)(=O)c2cccc3ccccc23)CCCN1. The van der Waals surface area contributed by atoms with Gasteiger partial charge in [0.25, 0.3) is 0 Å². The van der Waals surface area contributed by atoms with Gasteiger partial charge in [-0.25, -0.2) is 8.42 Å². The van der Waals surface area contributed by atoms with Gasteiger partial charge >= 0.3 is 0 Å². The standard InChI is InChI=1S/C15H16N2O3S/c18-15-11-17(10-4-9-16-15)21(19,20)14-8-3-6-12-5-1-2-7-13(12)14/h1-3,5-8H,4,9-11H2,(H,16,18). The van der Waals surface area contributed by atoms with Gasteiger partial charge in [-0.05, 0) is 17.9 Å². The van der Waals surface area contributed by atoms with E-state index in [9.17, 15) is 13.2 Å². The minimum absolute atomic E-state index is 0.119. The number of sulfonamides is 1. The molecule has 1 aliphatic rings. The van der Waals surface area contributed by atoms with E-state index in [4.69, 9.17) is 0 Å². The first-order chi connectivity index (χ1) is 10.1. The lowest BCUT2D eigenvalue weighted by Crippen LogP contribution is -2.37. The highest BCUT2D eigenvalue weighted by atomic mass is 32.2. The highest BCUT2D eigenvalue weighted by Gasteiger charge is 2.29. The Morgan fingerprint density at radius 1 is 1.05 bits per heavy atom. The van der Waals surface area contributed by atoms with Crippen molar-refractivity contribution < 1.29 is 13.2 Å². The van der Waals surface area contributed by atoms with Crippen LogP contribution < -0.4 is 5.32 Å². The van der Waals surface area contributed by atoms with Crippen molar-refractivity contribution in [1.82, 2.24) is 9.62 Å². The third kappa shape index (κ3) is 2.64. The summed E-state index contributed by atoms with van der Waals surface area (Å²) in [5.41, 5.74) is 0. The Bertz CT molecular complexity index is 781. The Labute approximate surface area is 123 Å². The fourth-order valence-electron chi connectivity index (χ4n) is 2.54. The van der Waals surface area contributed by atoms with Crippen LogP contribution in [0.2, 0.25) is 0 Å². The van der Waals surface area contributed by atoms with E-state index in [1.165, 1.54) is 4.31 Å². The van der Waals surface area contributed by atoms with E-state index in [-0.39, 0.29) is 17.3 Å². The molecule has 1 aliphatic heterocycles. The molecule has 1 fully saturated rings. The lowest BCUT2D eigenvalue weighted by Gasteiger charge is -2.19. The van der Waals surface area contributed by atoms with Gasteiger partial charge in [-0.2, -0.15) is 4.31 Å². The number of nitrogens with zero attached hydrogens (tertiary/aromatic N) is 1. The van der Waals surface area contributed by atoms with Gasteiger partial charge in [-0.1, -0.05) is 36.4 Å². The zero-order valence-electron chi connectivity index (χ0n) is 11.5. The lowest BCUT2D eigenvalue weighted by atomic mass is 10.1. The van der Waals surface area contributed by atoms with Gasteiger partial charge < -0.3 is 5.32 Å². The van der Waals surface area contributed by atoms with Crippen molar-refractivity contribution >= 4 is 26.7 Å². The predicted octanol–water partition coefficient (Wildman–Crippen LogP) is 1.35. The van der Waals surface area contributed by atoms with Crippen LogP contribution in [0.3, 0.4) is 0 Å². The molecular formula is C15H16N2O3S. The monoisotopic (exact) mass is 304 g/mol. The van der Waals surface area contributed by atoms with Gasteiger partial charge in [0, 0.05) is 18.5 Å². The van der Waals surface area contributed by atoms with Gasteiger partial charge in [0.05, 0.1) is 11.4 Å². The van der Waals surface area contributed by atoms with Crippen LogP contribution in [0.25, 0.3) is 10.8 Å². The summed E-state index contributed by atoms with van der Waals surface area (Å²) in [6, 6.07) is 12.6. The summed E-state index contributed by atoms with van der Waals surface area (Å²) in [4.78, 5) is 11.9. The average molecular weight is 304 g/mol. The summed E-state index contributed by atoms with van der Waals surface area (Å²) in [6.07, 6.45) is 0.621. The highest BCUT2D eigenvalue weighted by Crippen LogP contribution is 2.25. The summed E-state index contributed by atoms with van der Waals surface area (Å²) in [7, 11) is -3.67. The number of benzene rings is 2. The molecule has 0 radical (unpaired) electrons. The maximum Gasteiger partial charge on any atom is 0.244 e. The second-order valence-corrected chi connectivity index (χ2v) is 6.93. The third-order valence-corrected chi connectivity index (χ3v) is 5.50. The van der Waals surface area contributed by atoms with E-state index in [0.29, 0.717) is 24.9 Å². The quantitative estimate of drug-likeness (QED) is 0.911. The molecule has 6 heteroatoms. The normalized spacial score (nSPS) is 17.4. The van der Waals surface area contributed by atoms with Gasteiger partial charge in [0.1, 0.15) is 0 Å². The smallest absolute Gasteiger partial charge is 0.244 e. The Kier molecular flexibility index (Phi) is 3.65. The van der Waals surface area contributed by atoms with Crippen LogP contribution in [0.15, 0.2) is 47.4 Å². The van der Waals surface area contributed by atoms with Gasteiger partial charge in [-0.3, -0.25) is 4.79 Å². The molecule has 5 nitrogen and oxygen atoms in total. The Balaban J connectivity index is 2.09. The third-order valence-electron chi connectivity index (χ3n) is 3.59. The van der Waals surface area contributed by atoms with E-state index in [0.717, 1.165) is 5.39 Å². The van der Waals surface area contributed by atoms with E-state index in [1.807, 2.05) is 24.3 Å². The molecule has 0 saturated carbocycles. The summed E-state index contributed by atoms with van der Waals surface area (Å²) in [5.74, 6) is -0.253. The minimum atomic E-state index is -3.67. The first-order valence-electron chi connectivity index (χ1n) is 6.84. The number of rotatable bonds is 2. The Morgan fingerprint density at radius 2 is 1.81 bits per heavy atom. The Hall–Kier alpha value is -1.92. The van der Waals surface area contributed by atoms with Crippen molar-refractivity contribution in [3.63, 3.8) is 0 Å². The molecule has 21 heavy (non-hydrogen) atoms. The van der Waals surface area contributed by atoms with Crippen LogP contribution in [-0.4, -0.2) is 38.3 Å². The molecule has 110 valence electrons. The highest BCUT2D eigenvalue weighted by molar-refractivity contribution is 7.89. The number of fused-ring (bicyclic) bond motifs is 1. The van der Waals surface area contributed by atoms with Gasteiger partial charge in [0.15, 0.2) is 0 Å². The topological polar surface area (TPSA) is 66.5 Å². The first-order valence-corrected chi connectivity index (χ1v) is 8.28. The lowest BCUT2D eigenvalue weighted by molar-refractivity contribution is -0.120. The molecule has 1 N–H and O–H groups in total. The van der Waals surface area contributed by atoms with Gasteiger partial charge in [0.2, 0.25) is 15.9 Å². The largest absolute Gasteiger partial charge is 0.355 e. The number of hydrogen-bond donors (Lipinski definition) is 1. The molecule has 0 spiro atoms. The maximum absolute atomic E-state index is 12.8. The first kappa shape index (κ1) is 14.0. The van der Waals surface area contributed by atoms with Crippen molar-refractivity contribution in [3.05, 3.63) is 42.5 Å². The summed E-state index contributed by atoms with van der Waals surface area (Å²) in [6.45, 7) is 0.746. The number of hydrogen-bond acceptors (Lipinski definition) is 3. The van der Waals surface area contributed by atoms with E-state index in [2.05, 4.69) is 5.32 Å². The van der Waals surface area contributed by atoms with Crippen molar-refractivity contribution in [2.45, 2.75) is 11.3 Å². The molecule has 1 saturated heterocycles. The zero-order chi connectivity index (χ0) is 14.9. The van der Waals surface area contributed by atoms with Crippen molar-refractivity contribution in [1.29, 1.82) is 0 Å². The van der Waals surface area contributed by atoms with Crippen LogP contribution in [0, 0.1) is 0 Å². The molecule has 0 aliphatic carbocycles. The van der Waals surface area contributed by atoms with Crippen molar-refractivity contribution in [2.75, 3.05) is 19.6 Å². The average Bonchev–Trinajstić information content (AvgIpc) is 2.71. The van der Waals surface area contributed by atoms with Crippen molar-refractivity contribution in [3.8, 4) is 0 Å². The van der Waals surface area contributed by atoms with Crippen LogP contribution in [0.5, 0.6) is 0 Å². The van der Waals surface area contributed by atoms with Crippen molar-refractivity contribution in [2.24, 2.45) is 0 Å². The van der Waals surface area contributed by atoms with Crippen LogP contribution in [0.1, 0.15) is 6.42 Å². The molecule has 0 unspecified atom stereocenters. The number of carbonyl (C=O) groups is 1. The molecule has 2 aromatic rings. The van der Waals surface area contributed by atoms with E-state index in [1.54, 1.807) is 18.2 Å². The van der Waals surface area contributed by atoms with E-state index >= 15 is 0 Å². The molecule has 0 aromatic heterocycles. The summed E-state index contributed by atoms with van der Waals surface area (Å²) >= 11 is 0. The Morgan fingerprint density at radius 3 is 2.67 bits per heavy atom.